The quantitative estimate of drug-likeness (QED) is 0.766. The van der Waals surface area contributed by atoms with Gasteiger partial charge in [-0.25, -0.2) is 0 Å². The second-order valence-corrected chi connectivity index (χ2v) is 4.77. The van der Waals surface area contributed by atoms with E-state index < -0.39 is 0 Å². The van der Waals surface area contributed by atoms with E-state index in [9.17, 15) is 0 Å². The normalized spacial score (nSPS) is 42.0. The summed E-state index contributed by atoms with van der Waals surface area (Å²) in [7, 11) is 0. The molecule has 1 N–H and O–H groups in total. The lowest BCUT2D eigenvalue weighted by atomic mass is 9.92. The summed E-state index contributed by atoms with van der Waals surface area (Å²) in [5.74, 6) is -0.357. The molecule has 88 valence electrons. The average molecular weight is 214 g/mol. The van der Waals surface area contributed by atoms with Crippen molar-refractivity contribution in [1.82, 2.24) is 0 Å². The van der Waals surface area contributed by atoms with Crippen molar-refractivity contribution < 1.29 is 14.6 Å². The molecular formula is C12H22O3. The highest BCUT2D eigenvalue weighted by Gasteiger charge is 2.41. The van der Waals surface area contributed by atoms with E-state index in [-0.39, 0.29) is 18.5 Å². The number of hydrogen-bond donors (Lipinski definition) is 1. The molecule has 2 aliphatic rings. The van der Waals surface area contributed by atoms with E-state index in [2.05, 4.69) is 6.92 Å². The summed E-state index contributed by atoms with van der Waals surface area (Å²) in [4.78, 5) is 0. The zero-order valence-electron chi connectivity index (χ0n) is 9.58. The molecule has 2 saturated heterocycles. The molecule has 0 bridgehead atoms. The second-order valence-electron chi connectivity index (χ2n) is 4.77. The van der Waals surface area contributed by atoms with Gasteiger partial charge in [-0.1, -0.05) is 6.92 Å². The van der Waals surface area contributed by atoms with Gasteiger partial charge in [-0.05, 0) is 32.1 Å². The minimum absolute atomic E-state index is 0.00523. The van der Waals surface area contributed by atoms with Gasteiger partial charge in [0.2, 0.25) is 0 Å². The highest BCUT2D eigenvalue weighted by molar-refractivity contribution is 4.83. The van der Waals surface area contributed by atoms with E-state index >= 15 is 0 Å². The minimum Gasteiger partial charge on any atom is -0.394 e. The lowest BCUT2D eigenvalue weighted by Gasteiger charge is -2.45. The zero-order chi connectivity index (χ0) is 10.7. The first-order valence-electron chi connectivity index (χ1n) is 6.24. The van der Waals surface area contributed by atoms with E-state index in [1.54, 1.807) is 0 Å². The Morgan fingerprint density at radius 1 is 1.13 bits per heavy atom. The SMILES string of the molecule is CC[C@H]1CCCC2(CCC[C@H](CO)O2)O1. The Morgan fingerprint density at radius 3 is 2.33 bits per heavy atom. The Morgan fingerprint density at radius 2 is 1.73 bits per heavy atom. The van der Waals surface area contributed by atoms with E-state index in [0.29, 0.717) is 6.10 Å². The van der Waals surface area contributed by atoms with Crippen LogP contribution in [0.2, 0.25) is 0 Å². The molecule has 3 nitrogen and oxygen atoms in total. The fourth-order valence-electron chi connectivity index (χ4n) is 2.73. The molecule has 2 fully saturated rings. The Labute approximate surface area is 91.8 Å². The van der Waals surface area contributed by atoms with Gasteiger partial charge in [-0.3, -0.25) is 0 Å². The maximum absolute atomic E-state index is 9.15. The van der Waals surface area contributed by atoms with Crippen LogP contribution in [-0.4, -0.2) is 29.7 Å². The highest BCUT2D eigenvalue weighted by atomic mass is 16.7. The Hall–Kier alpha value is -0.120. The van der Waals surface area contributed by atoms with Crippen LogP contribution in [0.25, 0.3) is 0 Å². The number of hydrogen-bond acceptors (Lipinski definition) is 3. The Bertz CT molecular complexity index is 183. The third-order valence-electron chi connectivity index (χ3n) is 3.59. The number of rotatable bonds is 2. The van der Waals surface area contributed by atoms with Crippen molar-refractivity contribution in [1.29, 1.82) is 0 Å². The molecule has 2 rings (SSSR count). The Kier molecular flexibility index (Phi) is 3.65. The topological polar surface area (TPSA) is 38.7 Å². The molecule has 0 aromatic carbocycles. The van der Waals surface area contributed by atoms with Crippen LogP contribution in [0.1, 0.15) is 51.9 Å². The van der Waals surface area contributed by atoms with Crippen molar-refractivity contribution in [3.8, 4) is 0 Å². The van der Waals surface area contributed by atoms with Gasteiger partial charge in [0.1, 0.15) is 0 Å². The predicted molar refractivity (Wildman–Crippen MR) is 57.6 cm³/mol. The summed E-state index contributed by atoms with van der Waals surface area (Å²) in [6.07, 6.45) is 7.85. The molecule has 0 aromatic rings. The minimum atomic E-state index is -0.357. The zero-order valence-corrected chi connectivity index (χ0v) is 9.58. The number of aliphatic hydroxyl groups excluding tert-OH is 1. The third-order valence-corrected chi connectivity index (χ3v) is 3.59. The lowest BCUT2D eigenvalue weighted by Crippen LogP contribution is -2.48. The van der Waals surface area contributed by atoms with E-state index in [1.165, 1.54) is 6.42 Å². The molecule has 0 aliphatic carbocycles. The monoisotopic (exact) mass is 214 g/mol. The molecule has 0 radical (unpaired) electrons. The van der Waals surface area contributed by atoms with Crippen LogP contribution in [-0.2, 0) is 9.47 Å². The van der Waals surface area contributed by atoms with Crippen LogP contribution in [0, 0.1) is 0 Å². The molecule has 0 aromatic heterocycles. The van der Waals surface area contributed by atoms with E-state index in [0.717, 1.165) is 38.5 Å². The van der Waals surface area contributed by atoms with Crippen molar-refractivity contribution in [3.63, 3.8) is 0 Å². The standard InChI is InChI=1S/C12H22O3/c1-2-10-5-3-7-12(14-10)8-4-6-11(9-13)15-12/h10-11,13H,2-9H2,1H3/t10-,11+,12?/m0/s1. The maximum atomic E-state index is 9.15. The first kappa shape index (κ1) is 11.4. The molecule has 2 aliphatic heterocycles. The van der Waals surface area contributed by atoms with Crippen molar-refractivity contribution >= 4 is 0 Å². The summed E-state index contributed by atoms with van der Waals surface area (Å²) in [5.41, 5.74) is 0. The predicted octanol–water partition coefficient (Wildman–Crippen LogP) is 2.22. The van der Waals surface area contributed by atoms with Crippen molar-refractivity contribution in [3.05, 3.63) is 0 Å². The number of aliphatic hydroxyl groups is 1. The van der Waals surface area contributed by atoms with E-state index in [4.69, 9.17) is 14.6 Å². The first-order chi connectivity index (χ1) is 7.28. The largest absolute Gasteiger partial charge is 0.394 e. The van der Waals surface area contributed by atoms with Gasteiger partial charge in [0.15, 0.2) is 5.79 Å². The molecule has 3 heteroatoms. The summed E-state index contributed by atoms with van der Waals surface area (Å²) in [6, 6.07) is 0. The van der Waals surface area contributed by atoms with Crippen LogP contribution < -0.4 is 0 Å². The van der Waals surface area contributed by atoms with Crippen molar-refractivity contribution in [2.75, 3.05) is 6.61 Å². The van der Waals surface area contributed by atoms with Crippen molar-refractivity contribution in [2.24, 2.45) is 0 Å². The fourth-order valence-corrected chi connectivity index (χ4v) is 2.73. The van der Waals surface area contributed by atoms with Crippen LogP contribution in [0.4, 0.5) is 0 Å². The summed E-state index contributed by atoms with van der Waals surface area (Å²) >= 11 is 0. The van der Waals surface area contributed by atoms with Gasteiger partial charge in [0.25, 0.3) is 0 Å². The lowest BCUT2D eigenvalue weighted by molar-refractivity contribution is -0.317. The average Bonchev–Trinajstić information content (AvgIpc) is 2.29. The molecule has 0 saturated carbocycles. The van der Waals surface area contributed by atoms with E-state index in [1.807, 2.05) is 0 Å². The van der Waals surface area contributed by atoms with Crippen molar-refractivity contribution in [2.45, 2.75) is 69.9 Å². The fraction of sp³-hybridized carbons (Fsp3) is 1.00. The maximum Gasteiger partial charge on any atom is 0.169 e. The smallest absolute Gasteiger partial charge is 0.169 e. The van der Waals surface area contributed by atoms with Crippen LogP contribution in [0.3, 0.4) is 0 Å². The van der Waals surface area contributed by atoms with Gasteiger partial charge in [-0.2, -0.15) is 0 Å². The van der Waals surface area contributed by atoms with Gasteiger partial charge >= 0.3 is 0 Å². The molecule has 2 heterocycles. The van der Waals surface area contributed by atoms with Crippen LogP contribution in [0.15, 0.2) is 0 Å². The molecule has 3 atom stereocenters. The van der Waals surface area contributed by atoms with Gasteiger partial charge in [-0.15, -0.1) is 0 Å². The van der Waals surface area contributed by atoms with Gasteiger partial charge in [0.05, 0.1) is 18.8 Å². The number of ether oxygens (including phenoxy) is 2. The molecular weight excluding hydrogens is 192 g/mol. The van der Waals surface area contributed by atoms with Gasteiger partial charge < -0.3 is 14.6 Å². The van der Waals surface area contributed by atoms with Crippen LogP contribution in [0.5, 0.6) is 0 Å². The summed E-state index contributed by atoms with van der Waals surface area (Å²) in [5, 5.41) is 9.15. The molecule has 0 amide bonds. The van der Waals surface area contributed by atoms with Gasteiger partial charge in [0, 0.05) is 12.8 Å². The molecule has 1 unspecified atom stereocenters. The highest BCUT2D eigenvalue weighted by Crippen LogP contribution is 2.39. The molecule has 1 spiro atoms. The van der Waals surface area contributed by atoms with Crippen LogP contribution >= 0.6 is 0 Å². The molecule has 15 heavy (non-hydrogen) atoms. The summed E-state index contributed by atoms with van der Waals surface area (Å²) < 4.78 is 12.0. The second kappa shape index (κ2) is 4.81. The first-order valence-corrected chi connectivity index (χ1v) is 6.24. The third kappa shape index (κ3) is 2.52. The summed E-state index contributed by atoms with van der Waals surface area (Å²) in [6.45, 7) is 2.29. The Balaban J connectivity index is 1.98.